The number of hydrogen-bond donors (Lipinski definition) is 0. The first-order valence-corrected chi connectivity index (χ1v) is 8.96. The molecule has 0 atom stereocenters. The molecule has 1 heterocycles. The van der Waals surface area contributed by atoms with Crippen molar-refractivity contribution in [3.63, 3.8) is 0 Å². The maximum atomic E-state index is 13.0. The predicted octanol–water partition coefficient (Wildman–Crippen LogP) is 5.37. The lowest BCUT2D eigenvalue weighted by Gasteiger charge is -2.12. The van der Waals surface area contributed by atoms with E-state index in [1.807, 2.05) is 42.5 Å². The molecule has 3 aromatic carbocycles. The molecule has 0 aliphatic heterocycles. The third-order valence-electron chi connectivity index (χ3n) is 4.32. The Morgan fingerprint density at radius 1 is 0.889 bits per heavy atom. The van der Waals surface area contributed by atoms with Crippen molar-refractivity contribution in [3.8, 4) is 22.7 Å². The van der Waals surface area contributed by atoms with Crippen LogP contribution in [-0.4, -0.2) is 16.9 Å². The molecule has 4 rings (SSSR count). The molecule has 1 aromatic heterocycles. The van der Waals surface area contributed by atoms with Gasteiger partial charge in [-0.1, -0.05) is 41.4 Å². The van der Waals surface area contributed by atoms with Crippen LogP contribution in [0.1, 0.15) is 0 Å². The summed E-state index contributed by atoms with van der Waals surface area (Å²) in [6.07, 6.45) is 0. The molecule has 4 aromatic rings. The maximum absolute atomic E-state index is 13.0. The van der Waals surface area contributed by atoms with Crippen LogP contribution in [-0.2, 0) is 0 Å². The zero-order valence-corrected chi connectivity index (χ0v) is 15.8. The van der Waals surface area contributed by atoms with E-state index in [2.05, 4.69) is 5.10 Å². The van der Waals surface area contributed by atoms with Gasteiger partial charge >= 0.3 is 0 Å². The number of fused-ring (bicyclic) bond motifs is 1. The summed E-state index contributed by atoms with van der Waals surface area (Å²) in [5.41, 5.74) is 1.90. The third kappa shape index (κ3) is 3.18. The fourth-order valence-electron chi connectivity index (χ4n) is 2.94. The standard InChI is InChI=1S/C21H14Cl2N2O2/c1-27-15-9-6-13(7-10-15)20-16-4-2-3-5-17(16)21(26)25(24-20)14-8-11-18(22)19(23)12-14/h2-12H,1H3. The van der Waals surface area contributed by atoms with E-state index in [9.17, 15) is 4.79 Å². The number of aromatic nitrogens is 2. The topological polar surface area (TPSA) is 44.1 Å². The highest BCUT2D eigenvalue weighted by Gasteiger charge is 2.14. The van der Waals surface area contributed by atoms with Crippen molar-refractivity contribution in [2.24, 2.45) is 0 Å². The van der Waals surface area contributed by atoms with Gasteiger partial charge in [0.2, 0.25) is 0 Å². The Labute approximate surface area is 165 Å². The lowest BCUT2D eigenvalue weighted by atomic mass is 10.0. The van der Waals surface area contributed by atoms with Crippen molar-refractivity contribution in [1.29, 1.82) is 0 Å². The largest absolute Gasteiger partial charge is 0.497 e. The van der Waals surface area contributed by atoms with Crippen molar-refractivity contribution in [3.05, 3.63) is 87.1 Å². The Balaban J connectivity index is 2.01. The molecule has 0 unspecified atom stereocenters. The zero-order valence-electron chi connectivity index (χ0n) is 14.3. The fraction of sp³-hybridized carbons (Fsp3) is 0.0476. The first kappa shape index (κ1) is 17.6. The summed E-state index contributed by atoms with van der Waals surface area (Å²) in [6.45, 7) is 0. The average molecular weight is 397 g/mol. The normalized spacial score (nSPS) is 10.9. The smallest absolute Gasteiger partial charge is 0.279 e. The van der Waals surface area contributed by atoms with Crippen molar-refractivity contribution in [2.75, 3.05) is 7.11 Å². The van der Waals surface area contributed by atoms with Crippen LogP contribution in [0.5, 0.6) is 5.75 Å². The van der Waals surface area contributed by atoms with Gasteiger partial charge in [-0.25, -0.2) is 0 Å². The van der Waals surface area contributed by atoms with Crippen molar-refractivity contribution in [1.82, 2.24) is 9.78 Å². The number of hydrogen-bond acceptors (Lipinski definition) is 3. The van der Waals surface area contributed by atoms with E-state index in [1.54, 1.807) is 31.4 Å². The Bertz CT molecular complexity index is 1200. The van der Waals surface area contributed by atoms with Crippen molar-refractivity contribution in [2.45, 2.75) is 0 Å². The van der Waals surface area contributed by atoms with E-state index in [0.717, 1.165) is 16.7 Å². The van der Waals surface area contributed by atoms with Crippen LogP contribution < -0.4 is 10.3 Å². The summed E-state index contributed by atoms with van der Waals surface area (Å²) in [5.74, 6) is 0.751. The van der Waals surface area contributed by atoms with Crippen LogP contribution in [0, 0.1) is 0 Å². The first-order valence-electron chi connectivity index (χ1n) is 8.20. The molecule has 134 valence electrons. The molecule has 6 heteroatoms. The van der Waals surface area contributed by atoms with Gasteiger partial charge in [-0.2, -0.15) is 9.78 Å². The van der Waals surface area contributed by atoms with Gasteiger partial charge in [0.05, 0.1) is 33.9 Å². The van der Waals surface area contributed by atoms with Crippen molar-refractivity contribution >= 4 is 34.0 Å². The minimum absolute atomic E-state index is 0.221. The van der Waals surface area contributed by atoms with E-state index < -0.39 is 0 Å². The summed E-state index contributed by atoms with van der Waals surface area (Å²) in [4.78, 5) is 13.0. The molecule has 0 aliphatic rings. The van der Waals surface area contributed by atoms with Crippen molar-refractivity contribution < 1.29 is 4.74 Å². The second-order valence-corrected chi connectivity index (χ2v) is 6.75. The van der Waals surface area contributed by atoms with E-state index in [0.29, 0.717) is 26.8 Å². The minimum atomic E-state index is -0.221. The summed E-state index contributed by atoms with van der Waals surface area (Å²) in [5, 5.41) is 6.77. The zero-order chi connectivity index (χ0) is 19.0. The van der Waals surface area contributed by atoms with Gasteiger partial charge in [0, 0.05) is 10.9 Å². The average Bonchev–Trinajstić information content (AvgIpc) is 2.71. The second kappa shape index (κ2) is 7.06. The molecule has 0 bridgehead atoms. The quantitative estimate of drug-likeness (QED) is 0.467. The van der Waals surface area contributed by atoms with Crippen LogP contribution in [0.3, 0.4) is 0 Å². The fourth-order valence-corrected chi connectivity index (χ4v) is 3.24. The number of halogens is 2. The Morgan fingerprint density at radius 3 is 2.26 bits per heavy atom. The highest BCUT2D eigenvalue weighted by atomic mass is 35.5. The number of rotatable bonds is 3. The van der Waals surface area contributed by atoms with Crippen LogP contribution in [0.4, 0.5) is 0 Å². The molecule has 0 fully saturated rings. The van der Waals surface area contributed by atoms with Crippen LogP contribution >= 0.6 is 23.2 Å². The number of nitrogens with zero attached hydrogens (tertiary/aromatic N) is 2. The minimum Gasteiger partial charge on any atom is -0.497 e. The van der Waals surface area contributed by atoms with Gasteiger partial charge in [-0.05, 0) is 48.5 Å². The summed E-state index contributed by atoms with van der Waals surface area (Å²) in [7, 11) is 1.62. The Morgan fingerprint density at radius 2 is 1.59 bits per heavy atom. The molecule has 0 saturated heterocycles. The van der Waals surface area contributed by atoms with Gasteiger partial charge in [0.15, 0.2) is 0 Å². The van der Waals surface area contributed by atoms with Crippen LogP contribution in [0.15, 0.2) is 71.5 Å². The molecule has 0 N–H and O–H groups in total. The molecular weight excluding hydrogens is 383 g/mol. The SMILES string of the molecule is COc1ccc(-c2nn(-c3ccc(Cl)c(Cl)c3)c(=O)c3ccccc23)cc1. The summed E-state index contributed by atoms with van der Waals surface area (Å²) in [6, 6.07) is 20.0. The highest BCUT2D eigenvalue weighted by molar-refractivity contribution is 6.42. The van der Waals surface area contributed by atoms with Gasteiger partial charge in [0.1, 0.15) is 5.75 Å². The number of ether oxygens (including phenoxy) is 1. The van der Waals surface area contributed by atoms with Crippen LogP contribution in [0.25, 0.3) is 27.7 Å². The second-order valence-electron chi connectivity index (χ2n) is 5.94. The number of methoxy groups -OCH3 is 1. The third-order valence-corrected chi connectivity index (χ3v) is 5.06. The van der Waals surface area contributed by atoms with E-state index >= 15 is 0 Å². The molecule has 0 saturated carbocycles. The molecule has 0 spiro atoms. The van der Waals surface area contributed by atoms with Gasteiger partial charge in [-0.3, -0.25) is 4.79 Å². The molecule has 27 heavy (non-hydrogen) atoms. The molecule has 4 nitrogen and oxygen atoms in total. The van der Waals surface area contributed by atoms with Gasteiger partial charge < -0.3 is 4.74 Å². The van der Waals surface area contributed by atoms with Crippen LogP contribution in [0.2, 0.25) is 10.0 Å². The predicted molar refractivity (Wildman–Crippen MR) is 109 cm³/mol. The number of benzene rings is 3. The molecule has 0 amide bonds. The summed E-state index contributed by atoms with van der Waals surface area (Å²) >= 11 is 12.1. The lowest BCUT2D eigenvalue weighted by molar-refractivity contribution is 0.415. The highest BCUT2D eigenvalue weighted by Crippen LogP contribution is 2.28. The lowest BCUT2D eigenvalue weighted by Crippen LogP contribution is -2.22. The molecular formula is C21H14Cl2N2O2. The molecule has 0 radical (unpaired) electrons. The Hall–Kier alpha value is -2.82. The monoisotopic (exact) mass is 396 g/mol. The van der Waals surface area contributed by atoms with Gasteiger partial charge in [-0.15, -0.1) is 0 Å². The first-order chi connectivity index (χ1) is 13.1. The maximum Gasteiger partial charge on any atom is 0.279 e. The summed E-state index contributed by atoms with van der Waals surface area (Å²) < 4.78 is 6.58. The van der Waals surface area contributed by atoms with E-state index in [-0.39, 0.29) is 5.56 Å². The van der Waals surface area contributed by atoms with Gasteiger partial charge in [0.25, 0.3) is 5.56 Å². The van der Waals surface area contributed by atoms with E-state index in [4.69, 9.17) is 27.9 Å². The molecule has 0 aliphatic carbocycles. The van der Waals surface area contributed by atoms with E-state index in [1.165, 1.54) is 4.68 Å². The Kier molecular flexibility index (Phi) is 4.60.